The van der Waals surface area contributed by atoms with Gasteiger partial charge in [0.1, 0.15) is 15.9 Å². The Labute approximate surface area is 89.8 Å². The second-order valence-corrected chi connectivity index (χ2v) is 6.20. The van der Waals surface area contributed by atoms with Gasteiger partial charge in [0.05, 0.1) is 11.5 Å². The first-order chi connectivity index (χ1) is 6.94. The van der Waals surface area contributed by atoms with Crippen LogP contribution < -0.4 is 5.32 Å². The molecule has 1 aliphatic rings. The Hall–Kier alpha value is -0.620. The molecule has 0 radical (unpaired) electrons. The van der Waals surface area contributed by atoms with Gasteiger partial charge in [-0.1, -0.05) is 6.92 Å². The summed E-state index contributed by atoms with van der Waals surface area (Å²) in [6.07, 6.45) is 1.55. The van der Waals surface area contributed by atoms with E-state index in [9.17, 15) is 13.2 Å². The van der Waals surface area contributed by atoms with Crippen molar-refractivity contribution in [1.82, 2.24) is 5.32 Å². The molecule has 0 aromatic carbocycles. The minimum Gasteiger partial charge on any atom is -0.480 e. The summed E-state index contributed by atoms with van der Waals surface area (Å²) in [6, 6.07) is -0.537. The zero-order chi connectivity index (χ0) is 11.5. The fourth-order valence-electron chi connectivity index (χ4n) is 1.70. The summed E-state index contributed by atoms with van der Waals surface area (Å²) >= 11 is 0. The molecule has 1 saturated heterocycles. The number of carbonyl (C=O) groups is 1. The zero-order valence-electron chi connectivity index (χ0n) is 8.77. The Balaban J connectivity index is 2.44. The molecule has 6 heteroatoms. The van der Waals surface area contributed by atoms with Crippen LogP contribution in [0.5, 0.6) is 0 Å². The van der Waals surface area contributed by atoms with Crippen molar-refractivity contribution in [2.75, 3.05) is 11.5 Å². The molecule has 0 spiro atoms. The maximum Gasteiger partial charge on any atom is 0.320 e. The highest BCUT2D eigenvalue weighted by atomic mass is 32.2. The van der Waals surface area contributed by atoms with Crippen molar-refractivity contribution in [1.29, 1.82) is 0 Å². The minimum atomic E-state index is -2.87. The Kier molecular flexibility index (Phi) is 4.10. The highest BCUT2D eigenvalue weighted by Gasteiger charge is 2.26. The molecule has 1 unspecified atom stereocenters. The first kappa shape index (κ1) is 12.4. The van der Waals surface area contributed by atoms with Crippen LogP contribution in [0.3, 0.4) is 0 Å². The fourth-order valence-corrected chi connectivity index (χ4v) is 3.20. The summed E-state index contributed by atoms with van der Waals surface area (Å²) in [7, 11) is -2.87. The summed E-state index contributed by atoms with van der Waals surface area (Å²) in [6.45, 7) is 1.80. The van der Waals surface area contributed by atoms with Crippen LogP contribution in [0.4, 0.5) is 0 Å². The van der Waals surface area contributed by atoms with E-state index in [1.807, 2.05) is 0 Å². The van der Waals surface area contributed by atoms with Crippen molar-refractivity contribution < 1.29 is 18.3 Å². The van der Waals surface area contributed by atoms with Crippen LogP contribution in [0.15, 0.2) is 0 Å². The van der Waals surface area contributed by atoms with E-state index in [-0.39, 0.29) is 17.5 Å². The van der Waals surface area contributed by atoms with Crippen molar-refractivity contribution >= 4 is 15.8 Å². The molecule has 0 amide bonds. The average molecular weight is 235 g/mol. The van der Waals surface area contributed by atoms with E-state index in [1.54, 1.807) is 6.92 Å². The normalized spacial score (nSPS) is 23.5. The van der Waals surface area contributed by atoms with Crippen molar-refractivity contribution in [3.05, 3.63) is 0 Å². The third-order valence-corrected chi connectivity index (χ3v) is 4.41. The summed E-state index contributed by atoms with van der Waals surface area (Å²) < 4.78 is 22.3. The monoisotopic (exact) mass is 235 g/mol. The molecule has 1 aliphatic heterocycles. The van der Waals surface area contributed by atoms with Crippen molar-refractivity contribution in [3.8, 4) is 0 Å². The standard InChI is InChI=1S/C9H17NO4S/c1-2-8(9(11)12)10-7-3-5-15(13,14)6-4-7/h7-8,10H,2-6H2,1H3,(H,11,12). The molecule has 0 aliphatic carbocycles. The highest BCUT2D eigenvalue weighted by molar-refractivity contribution is 7.91. The number of carboxylic acids is 1. The third kappa shape index (κ3) is 3.79. The average Bonchev–Trinajstić information content (AvgIpc) is 2.15. The number of hydrogen-bond acceptors (Lipinski definition) is 4. The number of carboxylic acid groups (broad SMARTS) is 1. The van der Waals surface area contributed by atoms with E-state index < -0.39 is 21.8 Å². The van der Waals surface area contributed by atoms with Crippen LogP contribution in [0, 0.1) is 0 Å². The van der Waals surface area contributed by atoms with Crippen LogP contribution in [-0.2, 0) is 14.6 Å². The zero-order valence-corrected chi connectivity index (χ0v) is 9.59. The molecule has 1 rings (SSSR count). The van der Waals surface area contributed by atoms with Gasteiger partial charge >= 0.3 is 5.97 Å². The van der Waals surface area contributed by atoms with Crippen molar-refractivity contribution in [2.24, 2.45) is 0 Å². The van der Waals surface area contributed by atoms with Crippen molar-refractivity contribution in [2.45, 2.75) is 38.3 Å². The van der Waals surface area contributed by atoms with E-state index in [2.05, 4.69) is 5.32 Å². The second-order valence-electron chi connectivity index (χ2n) is 3.89. The van der Waals surface area contributed by atoms with Gasteiger partial charge in [0.2, 0.25) is 0 Å². The van der Waals surface area contributed by atoms with Crippen molar-refractivity contribution in [3.63, 3.8) is 0 Å². The molecule has 5 nitrogen and oxygen atoms in total. The first-order valence-corrected chi connectivity index (χ1v) is 6.96. The number of hydrogen-bond donors (Lipinski definition) is 2. The molecule has 1 fully saturated rings. The fraction of sp³-hybridized carbons (Fsp3) is 0.889. The molecule has 2 N–H and O–H groups in total. The van der Waals surface area contributed by atoms with Gasteiger partial charge in [0.15, 0.2) is 0 Å². The van der Waals surface area contributed by atoms with Gasteiger partial charge in [-0.2, -0.15) is 0 Å². The lowest BCUT2D eigenvalue weighted by molar-refractivity contribution is -0.139. The number of rotatable bonds is 4. The van der Waals surface area contributed by atoms with Crippen LogP contribution >= 0.6 is 0 Å². The topological polar surface area (TPSA) is 83.5 Å². The number of sulfone groups is 1. The van der Waals surface area contributed by atoms with Gasteiger partial charge in [-0.05, 0) is 19.3 Å². The summed E-state index contributed by atoms with van der Waals surface area (Å²) in [5.41, 5.74) is 0. The van der Waals surface area contributed by atoms with Gasteiger partial charge < -0.3 is 10.4 Å². The van der Waals surface area contributed by atoms with Gasteiger partial charge in [0, 0.05) is 6.04 Å². The molecule has 1 atom stereocenters. The van der Waals surface area contributed by atoms with Crippen LogP contribution in [0.2, 0.25) is 0 Å². The lowest BCUT2D eigenvalue weighted by Crippen LogP contribution is -2.46. The Bertz CT molecular complexity index is 311. The molecule has 0 bridgehead atoms. The Morgan fingerprint density at radius 1 is 1.47 bits per heavy atom. The maximum absolute atomic E-state index is 11.1. The van der Waals surface area contributed by atoms with E-state index in [4.69, 9.17) is 5.11 Å². The smallest absolute Gasteiger partial charge is 0.320 e. The van der Waals surface area contributed by atoms with Crippen LogP contribution in [0.1, 0.15) is 26.2 Å². The predicted octanol–water partition coefficient (Wildman–Crippen LogP) is 0.0164. The summed E-state index contributed by atoms with van der Waals surface area (Å²) in [4.78, 5) is 10.8. The molecule has 1 heterocycles. The third-order valence-electron chi connectivity index (χ3n) is 2.70. The van der Waals surface area contributed by atoms with E-state index in [0.717, 1.165) is 0 Å². The molecule has 0 saturated carbocycles. The largest absolute Gasteiger partial charge is 0.480 e. The molecular weight excluding hydrogens is 218 g/mol. The summed E-state index contributed by atoms with van der Waals surface area (Å²) in [5, 5.41) is 11.8. The molecule has 88 valence electrons. The lowest BCUT2D eigenvalue weighted by Gasteiger charge is -2.25. The van der Waals surface area contributed by atoms with Gasteiger partial charge in [-0.3, -0.25) is 4.79 Å². The van der Waals surface area contributed by atoms with Gasteiger partial charge in [-0.15, -0.1) is 0 Å². The highest BCUT2D eigenvalue weighted by Crippen LogP contribution is 2.13. The second kappa shape index (κ2) is 4.94. The Morgan fingerprint density at radius 3 is 2.40 bits per heavy atom. The van der Waals surface area contributed by atoms with Crippen LogP contribution in [-0.4, -0.2) is 43.1 Å². The molecule has 0 aromatic rings. The number of nitrogens with one attached hydrogen (secondary N) is 1. The maximum atomic E-state index is 11.1. The first-order valence-electron chi connectivity index (χ1n) is 5.14. The van der Waals surface area contributed by atoms with Crippen LogP contribution in [0.25, 0.3) is 0 Å². The van der Waals surface area contributed by atoms with E-state index >= 15 is 0 Å². The van der Waals surface area contributed by atoms with E-state index in [0.29, 0.717) is 19.3 Å². The molecular formula is C9H17NO4S. The van der Waals surface area contributed by atoms with Gasteiger partial charge in [-0.25, -0.2) is 8.42 Å². The quantitative estimate of drug-likeness (QED) is 0.717. The lowest BCUT2D eigenvalue weighted by atomic mass is 10.1. The minimum absolute atomic E-state index is 0.0228. The Morgan fingerprint density at radius 2 is 2.00 bits per heavy atom. The predicted molar refractivity (Wildman–Crippen MR) is 56.5 cm³/mol. The summed E-state index contributed by atoms with van der Waals surface area (Å²) in [5.74, 6) is -0.535. The van der Waals surface area contributed by atoms with Gasteiger partial charge in [0.25, 0.3) is 0 Å². The van der Waals surface area contributed by atoms with E-state index in [1.165, 1.54) is 0 Å². The molecule has 15 heavy (non-hydrogen) atoms. The molecule has 0 aromatic heterocycles. The SMILES string of the molecule is CCC(NC1CCS(=O)(=O)CC1)C(=O)O. The number of aliphatic carboxylic acids is 1.